The van der Waals surface area contributed by atoms with E-state index in [1.807, 2.05) is 6.07 Å². The van der Waals surface area contributed by atoms with E-state index in [0.717, 1.165) is 6.07 Å². The number of nitriles is 1. The van der Waals surface area contributed by atoms with Crippen molar-refractivity contribution in [1.82, 2.24) is 5.32 Å². The van der Waals surface area contributed by atoms with Gasteiger partial charge in [0.1, 0.15) is 17.0 Å². The molecule has 3 nitrogen and oxygen atoms in total. The second-order valence-corrected chi connectivity index (χ2v) is 4.68. The van der Waals surface area contributed by atoms with Crippen LogP contribution in [0.5, 0.6) is 0 Å². The van der Waals surface area contributed by atoms with Crippen LogP contribution in [0.4, 0.5) is 8.78 Å². The molecule has 0 spiro atoms. The fourth-order valence-electron chi connectivity index (χ4n) is 2.02. The first-order valence-electron chi connectivity index (χ1n) is 6.62. The Morgan fingerprint density at radius 1 is 1.25 bits per heavy atom. The number of benzene rings is 1. The van der Waals surface area contributed by atoms with Gasteiger partial charge < -0.3 is 5.32 Å². The Hall–Kier alpha value is -1.96. The lowest BCUT2D eigenvalue weighted by molar-refractivity contribution is -0.128. The number of nitrogens with zero attached hydrogens (tertiary/aromatic N) is 1. The largest absolute Gasteiger partial charge is 0.354 e. The number of amides is 1. The Kier molecular flexibility index (Phi) is 5.63. The summed E-state index contributed by atoms with van der Waals surface area (Å²) in [5.74, 6) is -1.61. The molecule has 0 aliphatic rings. The van der Waals surface area contributed by atoms with Gasteiger partial charge in [0.25, 0.3) is 0 Å². The summed E-state index contributed by atoms with van der Waals surface area (Å²) in [5.41, 5.74) is -0.550. The Balaban J connectivity index is 2.60. The lowest BCUT2D eigenvalue weighted by atomic mass is 9.83. The average molecular weight is 280 g/mol. The van der Waals surface area contributed by atoms with Crippen LogP contribution in [0.1, 0.15) is 32.3 Å². The third-order valence-electron chi connectivity index (χ3n) is 3.48. The van der Waals surface area contributed by atoms with Gasteiger partial charge in [-0.1, -0.05) is 13.8 Å². The van der Waals surface area contributed by atoms with E-state index in [9.17, 15) is 13.6 Å². The van der Waals surface area contributed by atoms with Crippen molar-refractivity contribution < 1.29 is 13.6 Å². The van der Waals surface area contributed by atoms with Crippen molar-refractivity contribution in [1.29, 1.82) is 5.26 Å². The molecule has 0 radical (unpaired) electrons. The molecule has 1 N–H and O–H groups in total. The lowest BCUT2D eigenvalue weighted by Gasteiger charge is -2.22. The van der Waals surface area contributed by atoms with Crippen LogP contribution in [-0.2, 0) is 11.2 Å². The molecule has 1 amide bonds. The zero-order valence-corrected chi connectivity index (χ0v) is 11.7. The summed E-state index contributed by atoms with van der Waals surface area (Å²) in [6.45, 7) is 3.81. The normalized spacial score (nSPS) is 10.9. The first kappa shape index (κ1) is 16.1. The van der Waals surface area contributed by atoms with Gasteiger partial charge in [-0.15, -0.1) is 0 Å². The first-order chi connectivity index (χ1) is 9.47. The van der Waals surface area contributed by atoms with E-state index in [4.69, 9.17) is 5.26 Å². The Labute approximate surface area is 117 Å². The second kappa shape index (κ2) is 6.99. The third-order valence-corrected chi connectivity index (χ3v) is 3.48. The Morgan fingerprint density at radius 3 is 2.25 bits per heavy atom. The van der Waals surface area contributed by atoms with Crippen LogP contribution in [0.2, 0.25) is 0 Å². The summed E-state index contributed by atoms with van der Waals surface area (Å²) in [4.78, 5) is 12.0. The van der Waals surface area contributed by atoms with E-state index in [0.29, 0.717) is 24.8 Å². The van der Waals surface area contributed by atoms with Crippen LogP contribution < -0.4 is 5.32 Å². The predicted molar refractivity (Wildman–Crippen MR) is 71.7 cm³/mol. The molecule has 0 bridgehead atoms. The fraction of sp³-hybridized carbons (Fsp3) is 0.467. The minimum Gasteiger partial charge on any atom is -0.354 e. The van der Waals surface area contributed by atoms with Crippen molar-refractivity contribution in [2.45, 2.75) is 33.1 Å². The molecule has 0 fully saturated rings. The van der Waals surface area contributed by atoms with E-state index < -0.39 is 17.0 Å². The van der Waals surface area contributed by atoms with Gasteiger partial charge in [-0.05, 0) is 37.0 Å². The second-order valence-electron chi connectivity index (χ2n) is 4.68. The van der Waals surface area contributed by atoms with Gasteiger partial charge in [-0.3, -0.25) is 4.79 Å². The maximum absolute atomic E-state index is 13.0. The molecule has 20 heavy (non-hydrogen) atoms. The minimum absolute atomic E-state index is 0.241. The van der Waals surface area contributed by atoms with Gasteiger partial charge in [0.15, 0.2) is 0 Å². The zero-order valence-electron chi connectivity index (χ0n) is 11.7. The molecule has 0 saturated carbocycles. The zero-order chi connectivity index (χ0) is 15.2. The van der Waals surface area contributed by atoms with Crippen LogP contribution in [-0.4, -0.2) is 12.5 Å². The minimum atomic E-state index is -1.02. The van der Waals surface area contributed by atoms with Gasteiger partial charge >= 0.3 is 0 Å². The van der Waals surface area contributed by atoms with Gasteiger partial charge in [0.2, 0.25) is 5.91 Å². The molecular weight excluding hydrogens is 262 g/mol. The fourth-order valence-corrected chi connectivity index (χ4v) is 2.02. The van der Waals surface area contributed by atoms with Crippen molar-refractivity contribution in [2.75, 3.05) is 6.54 Å². The molecule has 0 aliphatic heterocycles. The van der Waals surface area contributed by atoms with Crippen molar-refractivity contribution in [3.05, 3.63) is 35.4 Å². The highest BCUT2D eigenvalue weighted by atomic mass is 19.1. The summed E-state index contributed by atoms with van der Waals surface area (Å²) in [7, 11) is 0. The molecule has 0 aliphatic carbocycles. The Morgan fingerprint density at radius 2 is 1.80 bits per heavy atom. The molecule has 1 rings (SSSR count). The summed E-state index contributed by atoms with van der Waals surface area (Å²) in [6.07, 6.45) is 1.18. The highest BCUT2D eigenvalue weighted by Crippen LogP contribution is 2.25. The maximum atomic E-state index is 13.0. The van der Waals surface area contributed by atoms with Crippen molar-refractivity contribution in [2.24, 2.45) is 5.41 Å². The van der Waals surface area contributed by atoms with Gasteiger partial charge in [-0.2, -0.15) is 5.26 Å². The molecule has 0 saturated heterocycles. The standard InChI is InChI=1S/C15H18F2N2O/c1-3-15(4-2,10-18)14(20)19-6-5-11-7-12(16)9-13(17)8-11/h7-9H,3-6H2,1-2H3,(H,19,20). The molecule has 0 atom stereocenters. The number of hydrogen-bond donors (Lipinski definition) is 1. The average Bonchev–Trinajstić information content (AvgIpc) is 2.40. The van der Waals surface area contributed by atoms with E-state index in [1.54, 1.807) is 13.8 Å². The molecule has 1 aromatic rings. The van der Waals surface area contributed by atoms with E-state index >= 15 is 0 Å². The SMILES string of the molecule is CCC(C#N)(CC)C(=O)NCCc1cc(F)cc(F)c1. The maximum Gasteiger partial charge on any atom is 0.240 e. The number of halogens is 2. The number of rotatable bonds is 6. The van der Waals surface area contributed by atoms with Crippen LogP contribution >= 0.6 is 0 Å². The Bertz CT molecular complexity index is 499. The van der Waals surface area contributed by atoms with Crippen LogP contribution in [0.25, 0.3) is 0 Å². The first-order valence-corrected chi connectivity index (χ1v) is 6.62. The molecule has 0 heterocycles. The molecule has 1 aromatic carbocycles. The van der Waals surface area contributed by atoms with E-state index in [-0.39, 0.29) is 12.5 Å². The van der Waals surface area contributed by atoms with Gasteiger partial charge in [0.05, 0.1) is 6.07 Å². The number of carbonyl (C=O) groups excluding carboxylic acids is 1. The van der Waals surface area contributed by atoms with Crippen molar-refractivity contribution >= 4 is 5.91 Å². The summed E-state index contributed by atoms with van der Waals surface area (Å²) < 4.78 is 26.0. The van der Waals surface area contributed by atoms with E-state index in [2.05, 4.69) is 5.32 Å². The van der Waals surface area contributed by atoms with Gasteiger partial charge in [-0.25, -0.2) is 8.78 Å². The predicted octanol–water partition coefficient (Wildman–Crippen LogP) is 2.95. The molecule has 0 aromatic heterocycles. The van der Waals surface area contributed by atoms with Crippen molar-refractivity contribution in [3.63, 3.8) is 0 Å². The number of hydrogen-bond acceptors (Lipinski definition) is 2. The quantitative estimate of drug-likeness (QED) is 0.871. The molecule has 5 heteroatoms. The lowest BCUT2D eigenvalue weighted by Crippen LogP contribution is -2.40. The molecule has 108 valence electrons. The van der Waals surface area contributed by atoms with Crippen LogP contribution in [0, 0.1) is 28.4 Å². The molecular formula is C15H18F2N2O. The van der Waals surface area contributed by atoms with E-state index in [1.165, 1.54) is 12.1 Å². The summed E-state index contributed by atoms with van der Waals surface area (Å²) in [5, 5.41) is 11.8. The topological polar surface area (TPSA) is 52.9 Å². The summed E-state index contributed by atoms with van der Waals surface area (Å²) in [6, 6.07) is 5.31. The number of carbonyl (C=O) groups is 1. The smallest absolute Gasteiger partial charge is 0.240 e. The highest BCUT2D eigenvalue weighted by molar-refractivity contribution is 5.85. The highest BCUT2D eigenvalue weighted by Gasteiger charge is 2.34. The van der Waals surface area contributed by atoms with Crippen LogP contribution in [0.15, 0.2) is 18.2 Å². The molecule has 0 unspecified atom stereocenters. The summed E-state index contributed by atoms with van der Waals surface area (Å²) >= 11 is 0. The van der Waals surface area contributed by atoms with Gasteiger partial charge in [0, 0.05) is 12.6 Å². The van der Waals surface area contributed by atoms with Crippen LogP contribution in [0.3, 0.4) is 0 Å². The monoisotopic (exact) mass is 280 g/mol. The number of nitrogens with one attached hydrogen (secondary N) is 1. The third kappa shape index (κ3) is 3.77. The van der Waals surface area contributed by atoms with Crippen molar-refractivity contribution in [3.8, 4) is 6.07 Å².